The number of likely N-dealkylation sites (tertiary alicyclic amines) is 2. The summed E-state index contributed by atoms with van der Waals surface area (Å²) in [4.78, 5) is 55.0. The van der Waals surface area contributed by atoms with E-state index >= 15 is 0 Å². The normalized spacial score (nSPS) is 15.7. The Hall–Kier alpha value is -7.95. The van der Waals surface area contributed by atoms with Crippen molar-refractivity contribution in [2.75, 3.05) is 36.8 Å². The van der Waals surface area contributed by atoms with Gasteiger partial charge < -0.3 is 35.0 Å². The number of aromatic nitrogens is 5. The summed E-state index contributed by atoms with van der Waals surface area (Å²) >= 11 is 0. The number of carboxylic acid groups (broad SMARTS) is 1. The van der Waals surface area contributed by atoms with Crippen molar-refractivity contribution < 1.29 is 33.8 Å². The van der Waals surface area contributed by atoms with Crippen LogP contribution >= 0.6 is 0 Å². The molecule has 4 N–H and O–H groups in total. The molecule has 1 atom stereocenters. The molecule has 17 heteroatoms. The number of ether oxygens (including phenoxy) is 2. The molecular formula is C67H92N10O7. The smallest absolute Gasteiger partial charge is 0.410 e. The second-order valence-corrected chi connectivity index (χ2v) is 24.9. The van der Waals surface area contributed by atoms with Crippen molar-refractivity contribution in [3.63, 3.8) is 0 Å². The number of piperidine rings is 3. The van der Waals surface area contributed by atoms with Crippen LogP contribution in [0.15, 0.2) is 115 Å². The van der Waals surface area contributed by atoms with Crippen molar-refractivity contribution >= 4 is 57.2 Å². The highest BCUT2D eigenvalue weighted by Gasteiger charge is 2.32. The fourth-order valence-electron chi connectivity index (χ4n) is 9.71. The number of anilines is 2. The Morgan fingerprint density at radius 1 is 0.631 bits per heavy atom. The summed E-state index contributed by atoms with van der Waals surface area (Å²) in [5.41, 5.74) is 7.86. The predicted octanol–water partition coefficient (Wildman–Crippen LogP) is 14.2. The van der Waals surface area contributed by atoms with E-state index in [-0.39, 0.29) is 36.1 Å². The predicted molar refractivity (Wildman–Crippen MR) is 337 cm³/mol. The van der Waals surface area contributed by atoms with Crippen molar-refractivity contribution in [3.8, 4) is 17.1 Å². The Morgan fingerprint density at radius 2 is 1.11 bits per heavy atom. The summed E-state index contributed by atoms with van der Waals surface area (Å²) in [5, 5.41) is 30.0. The molecule has 0 aliphatic carbocycles. The Kier molecular flexibility index (Phi) is 23.7. The van der Waals surface area contributed by atoms with Gasteiger partial charge in [0.05, 0.1) is 28.2 Å². The summed E-state index contributed by atoms with van der Waals surface area (Å²) in [7, 11) is 3.80. The second kappa shape index (κ2) is 30.6. The molecular weight excluding hydrogens is 1060 g/mol. The average Bonchev–Trinajstić information content (AvgIpc) is 3.03. The zero-order valence-electron chi connectivity index (χ0n) is 52.1. The topological polar surface area (TPSA) is 198 Å². The number of rotatable bonds is 10. The lowest BCUT2D eigenvalue weighted by Gasteiger charge is -2.34. The van der Waals surface area contributed by atoms with E-state index in [0.717, 1.165) is 99.0 Å². The third kappa shape index (κ3) is 19.3. The maximum Gasteiger partial charge on any atom is 0.410 e. The molecule has 3 saturated heterocycles. The molecule has 17 nitrogen and oxygen atoms in total. The molecule has 0 radical (unpaired) electrons. The van der Waals surface area contributed by atoms with E-state index in [1.807, 2.05) is 106 Å². The molecule has 0 saturated carbocycles. The lowest BCUT2D eigenvalue weighted by Crippen LogP contribution is -2.44. The summed E-state index contributed by atoms with van der Waals surface area (Å²) < 4.78 is 15.9. The van der Waals surface area contributed by atoms with E-state index in [1.54, 1.807) is 15.8 Å². The maximum atomic E-state index is 12.5. The van der Waals surface area contributed by atoms with E-state index < -0.39 is 17.6 Å². The fraction of sp³-hybridized carbons (Fsp3) is 0.478. The highest BCUT2D eigenvalue weighted by molar-refractivity contribution is 6.02. The largest absolute Gasteiger partial charge is 0.465 e. The highest BCUT2D eigenvalue weighted by Crippen LogP contribution is 2.38. The van der Waals surface area contributed by atoms with Gasteiger partial charge in [0.15, 0.2) is 6.10 Å². The van der Waals surface area contributed by atoms with Gasteiger partial charge in [-0.15, -0.1) is 0 Å². The molecule has 4 aromatic carbocycles. The minimum Gasteiger partial charge on any atom is -0.465 e. The first kappa shape index (κ1) is 65.2. The number of pyridine rings is 1. The van der Waals surface area contributed by atoms with Gasteiger partial charge >= 0.3 is 12.2 Å². The molecule has 7 aromatic rings. The van der Waals surface area contributed by atoms with Crippen LogP contribution in [0, 0.1) is 17.8 Å². The van der Waals surface area contributed by atoms with Crippen LogP contribution < -0.4 is 20.7 Å². The van der Waals surface area contributed by atoms with Gasteiger partial charge in [0, 0.05) is 87.1 Å². The number of imide groups is 1. The Labute approximate surface area is 497 Å². The lowest BCUT2D eigenvalue weighted by atomic mass is 9.93. The first-order valence-corrected chi connectivity index (χ1v) is 29.8. The van der Waals surface area contributed by atoms with Gasteiger partial charge in [-0.05, 0) is 130 Å². The van der Waals surface area contributed by atoms with E-state index in [1.165, 1.54) is 4.90 Å². The van der Waals surface area contributed by atoms with Crippen LogP contribution in [0.2, 0.25) is 0 Å². The molecule has 4 amide bonds. The third-order valence-corrected chi connectivity index (χ3v) is 13.4. The summed E-state index contributed by atoms with van der Waals surface area (Å²) in [5.74, 6) is 2.09. The Morgan fingerprint density at radius 3 is 1.60 bits per heavy atom. The number of fused-ring (bicyclic) bond motifs is 2. The first-order chi connectivity index (χ1) is 39.9. The molecule has 6 heterocycles. The third-order valence-electron chi connectivity index (χ3n) is 13.4. The number of carbonyl (C=O) groups excluding carboxylic acids is 3. The van der Waals surface area contributed by atoms with Gasteiger partial charge in [-0.1, -0.05) is 123 Å². The standard InChI is InChI=1S/C36H39N5O3.C19H23N5O4.3C4H10/c1-36(2,3)44-35(42)41-22-19-27(20-23-41)38-28-17-18-29-31(24-28)40(4)39-32(29)30-16-11-21-37-34(30)43-33(25-12-7-5-8-13-25)26-14-9-6-10-15-26;1-23-15-10-12(20-11-6-8-24(9-7-11)19(27)28)2-3-13(15)17(22-23)14-4-5-16(25)21-18(14)26;3*1-4(2)3/h5-18,21,24,27,33,38H,19-20,22-23H2,1-4H3;2-3,10-11,14,20H,4-9H2,1H3,(H,27,28)(H,21,25,26);3*4H,1-3H3. The van der Waals surface area contributed by atoms with Gasteiger partial charge in [0.2, 0.25) is 17.7 Å². The molecule has 3 aliphatic rings. The fourth-order valence-corrected chi connectivity index (χ4v) is 9.71. The van der Waals surface area contributed by atoms with Crippen LogP contribution in [0.4, 0.5) is 21.0 Å². The average molecular weight is 1150 g/mol. The molecule has 0 spiro atoms. The minimum absolute atomic E-state index is 0.218. The molecule has 84 heavy (non-hydrogen) atoms. The summed E-state index contributed by atoms with van der Waals surface area (Å²) in [6, 6.07) is 37.1. The number of hydrogen-bond donors (Lipinski definition) is 4. The maximum absolute atomic E-state index is 12.5. The van der Waals surface area contributed by atoms with Crippen molar-refractivity contribution in [2.24, 2.45) is 31.8 Å². The second-order valence-electron chi connectivity index (χ2n) is 24.9. The van der Waals surface area contributed by atoms with Crippen LogP contribution in [-0.2, 0) is 28.4 Å². The van der Waals surface area contributed by atoms with Gasteiger partial charge in [-0.2, -0.15) is 10.2 Å². The number of carbonyl (C=O) groups is 4. The van der Waals surface area contributed by atoms with Crippen LogP contribution in [-0.4, -0.2) is 107 Å². The SMILES string of the molecule is CC(C)C.CC(C)C.CC(C)C.Cn1nc(-c2cccnc2OC(c2ccccc2)c2ccccc2)c2ccc(NC3CCN(C(=O)OC(C)(C)C)CC3)cc21.Cn1nc(C2CCC(=O)NC2=O)c2ccc(NC3CCN(C(=O)O)CC3)cc21. The van der Waals surface area contributed by atoms with E-state index in [2.05, 4.69) is 131 Å². The molecule has 452 valence electrons. The number of amides is 4. The molecule has 10 rings (SSSR count). The van der Waals surface area contributed by atoms with Crippen LogP contribution in [0.1, 0.15) is 150 Å². The zero-order valence-corrected chi connectivity index (χ0v) is 52.1. The summed E-state index contributed by atoms with van der Waals surface area (Å²) in [6.07, 6.45) is 4.36. The number of nitrogens with one attached hydrogen (secondary N) is 3. The number of hydrogen-bond acceptors (Lipinski definition) is 11. The molecule has 3 aromatic heterocycles. The monoisotopic (exact) mass is 1150 g/mol. The van der Waals surface area contributed by atoms with Crippen LogP contribution in [0.3, 0.4) is 0 Å². The van der Waals surface area contributed by atoms with Gasteiger partial charge in [-0.3, -0.25) is 24.3 Å². The van der Waals surface area contributed by atoms with Crippen LogP contribution in [0.25, 0.3) is 33.1 Å². The highest BCUT2D eigenvalue weighted by atomic mass is 16.6. The Balaban J connectivity index is 0.000000240. The first-order valence-electron chi connectivity index (χ1n) is 29.8. The van der Waals surface area contributed by atoms with Gasteiger partial charge in [0.1, 0.15) is 11.3 Å². The number of benzene rings is 4. The van der Waals surface area contributed by atoms with Gasteiger partial charge in [-0.25, -0.2) is 14.6 Å². The van der Waals surface area contributed by atoms with E-state index in [0.29, 0.717) is 50.6 Å². The van der Waals surface area contributed by atoms with E-state index in [4.69, 9.17) is 19.7 Å². The van der Waals surface area contributed by atoms with Crippen molar-refractivity contribution in [1.29, 1.82) is 0 Å². The van der Waals surface area contributed by atoms with Gasteiger partial charge in [0.25, 0.3) is 0 Å². The lowest BCUT2D eigenvalue weighted by molar-refractivity contribution is -0.134. The zero-order chi connectivity index (χ0) is 61.3. The van der Waals surface area contributed by atoms with Crippen molar-refractivity contribution in [2.45, 2.75) is 151 Å². The molecule has 0 bridgehead atoms. The molecule has 3 aliphatic heterocycles. The molecule has 3 fully saturated rings. The minimum atomic E-state index is -0.865. The van der Waals surface area contributed by atoms with E-state index in [9.17, 15) is 19.2 Å². The van der Waals surface area contributed by atoms with Crippen molar-refractivity contribution in [1.82, 2.24) is 39.7 Å². The molecule has 1 unspecified atom stereocenters. The number of aryl methyl sites for hydroxylation is 2. The van der Waals surface area contributed by atoms with Crippen molar-refractivity contribution in [3.05, 3.63) is 132 Å². The van der Waals surface area contributed by atoms with Crippen LogP contribution in [0.5, 0.6) is 5.88 Å². The number of nitrogens with zero attached hydrogens (tertiary/aromatic N) is 7. The summed E-state index contributed by atoms with van der Waals surface area (Å²) in [6.45, 7) is 27.6. The quantitative estimate of drug-likeness (QED) is 0.0947. The Bertz CT molecular complexity index is 3160.